The molecule has 1 aromatic carbocycles. The first-order valence-corrected chi connectivity index (χ1v) is 6.60. The van der Waals surface area contributed by atoms with Gasteiger partial charge in [-0.25, -0.2) is 4.99 Å². The van der Waals surface area contributed by atoms with Crippen LogP contribution in [-0.2, 0) is 0 Å². The molecule has 0 spiro atoms. The van der Waals surface area contributed by atoms with Gasteiger partial charge in [0, 0.05) is 6.07 Å². The Bertz CT molecular complexity index is 554. The largest absolute Gasteiger partial charge is 0.497 e. The van der Waals surface area contributed by atoms with Crippen molar-refractivity contribution in [3.63, 3.8) is 0 Å². The van der Waals surface area contributed by atoms with E-state index in [4.69, 9.17) is 21.6 Å². The Morgan fingerprint density at radius 3 is 2.48 bits per heavy atom. The van der Waals surface area contributed by atoms with E-state index in [1.165, 1.54) is 0 Å². The molecule has 1 unspecified atom stereocenters. The summed E-state index contributed by atoms with van der Waals surface area (Å²) in [6.45, 7) is 6.04. The third kappa shape index (κ3) is 4.60. The molecule has 0 radical (unpaired) electrons. The topological polar surface area (TPSA) is 68.9 Å². The normalized spacial score (nSPS) is 13.2. The van der Waals surface area contributed by atoms with Crippen molar-refractivity contribution < 1.29 is 9.47 Å². The highest BCUT2D eigenvalue weighted by atomic mass is 16.5. The van der Waals surface area contributed by atoms with Crippen molar-refractivity contribution in [2.75, 3.05) is 19.5 Å². The highest BCUT2D eigenvalue weighted by molar-refractivity contribution is 5.94. The zero-order valence-corrected chi connectivity index (χ0v) is 13.2. The minimum atomic E-state index is -0.318. The van der Waals surface area contributed by atoms with E-state index in [0.717, 1.165) is 0 Å². The van der Waals surface area contributed by atoms with Crippen LogP contribution in [0.3, 0.4) is 0 Å². The molecule has 0 heterocycles. The van der Waals surface area contributed by atoms with Gasteiger partial charge in [0.1, 0.15) is 17.5 Å². The fraction of sp³-hybridized carbons (Fsp3) is 0.438. The lowest BCUT2D eigenvalue weighted by molar-refractivity contribution is 0.376. The second-order valence-electron chi connectivity index (χ2n) is 5.64. The Morgan fingerprint density at radius 1 is 1.33 bits per heavy atom. The van der Waals surface area contributed by atoms with Gasteiger partial charge in [-0.3, -0.25) is 0 Å². The molecule has 0 aliphatic rings. The number of terminal acetylenes is 1. The summed E-state index contributed by atoms with van der Waals surface area (Å²) >= 11 is 0. The van der Waals surface area contributed by atoms with Crippen molar-refractivity contribution in [3.8, 4) is 23.8 Å². The molecule has 0 amide bonds. The van der Waals surface area contributed by atoms with Crippen molar-refractivity contribution in [2.45, 2.75) is 26.8 Å². The van der Waals surface area contributed by atoms with Gasteiger partial charge in [0.25, 0.3) is 0 Å². The molecule has 0 fully saturated rings. The van der Waals surface area contributed by atoms with Crippen LogP contribution in [0.2, 0.25) is 0 Å². The maximum atomic E-state index is 5.94. The monoisotopic (exact) mass is 289 g/mol. The van der Waals surface area contributed by atoms with Crippen LogP contribution in [0, 0.1) is 17.8 Å². The summed E-state index contributed by atoms with van der Waals surface area (Å²) in [4.78, 5) is 4.34. The van der Waals surface area contributed by atoms with E-state index < -0.39 is 0 Å². The number of guanidine groups is 1. The number of ether oxygens (including phenoxy) is 2. The molecule has 0 saturated carbocycles. The number of hydrogen-bond donors (Lipinski definition) is 2. The molecule has 21 heavy (non-hydrogen) atoms. The minimum Gasteiger partial charge on any atom is -0.497 e. The standard InChI is InChI=1S/C16H23N3O2/c1-7-14(16(2,3)4)19-15(17)18-12-10-11(20-5)8-9-13(12)21-6/h1,8-10,14H,2-6H3,(H3,17,18,19). The average molecular weight is 289 g/mol. The van der Waals surface area contributed by atoms with Crippen LogP contribution < -0.4 is 20.5 Å². The molecule has 0 aromatic heterocycles. The van der Waals surface area contributed by atoms with Gasteiger partial charge in [-0.05, 0) is 17.5 Å². The van der Waals surface area contributed by atoms with Gasteiger partial charge in [0.15, 0.2) is 5.96 Å². The summed E-state index contributed by atoms with van der Waals surface area (Å²) < 4.78 is 10.5. The van der Waals surface area contributed by atoms with Gasteiger partial charge >= 0.3 is 0 Å². The highest BCUT2D eigenvalue weighted by Gasteiger charge is 2.22. The van der Waals surface area contributed by atoms with Crippen LogP contribution in [0.1, 0.15) is 20.8 Å². The Hall–Kier alpha value is -2.35. The van der Waals surface area contributed by atoms with E-state index in [1.54, 1.807) is 32.4 Å². The predicted octanol–water partition coefficient (Wildman–Crippen LogP) is 2.48. The van der Waals surface area contributed by atoms with E-state index in [-0.39, 0.29) is 17.4 Å². The number of methoxy groups -OCH3 is 2. The molecular formula is C16H23N3O2. The maximum Gasteiger partial charge on any atom is 0.194 e. The first-order chi connectivity index (χ1) is 9.81. The second-order valence-corrected chi connectivity index (χ2v) is 5.64. The lowest BCUT2D eigenvalue weighted by Gasteiger charge is -2.23. The molecule has 0 bridgehead atoms. The quantitative estimate of drug-likeness (QED) is 0.507. The lowest BCUT2D eigenvalue weighted by atomic mass is 9.88. The van der Waals surface area contributed by atoms with Crippen molar-refractivity contribution in [2.24, 2.45) is 16.1 Å². The van der Waals surface area contributed by atoms with Crippen LogP contribution >= 0.6 is 0 Å². The minimum absolute atomic E-state index is 0.167. The van der Waals surface area contributed by atoms with Crippen molar-refractivity contribution in [3.05, 3.63) is 18.2 Å². The third-order valence-electron chi connectivity index (χ3n) is 2.92. The van der Waals surface area contributed by atoms with Gasteiger partial charge in [-0.2, -0.15) is 0 Å². The summed E-state index contributed by atoms with van der Waals surface area (Å²) in [5.74, 6) is 4.21. The van der Waals surface area contributed by atoms with E-state index in [1.807, 2.05) is 20.8 Å². The van der Waals surface area contributed by atoms with Crippen LogP contribution in [-0.4, -0.2) is 26.2 Å². The Morgan fingerprint density at radius 2 is 2.00 bits per heavy atom. The van der Waals surface area contributed by atoms with Gasteiger partial charge in [-0.1, -0.05) is 26.7 Å². The number of nitrogens with two attached hydrogens (primary N) is 1. The highest BCUT2D eigenvalue weighted by Crippen LogP contribution is 2.29. The molecule has 0 aliphatic carbocycles. The van der Waals surface area contributed by atoms with Crippen LogP contribution in [0.5, 0.6) is 11.5 Å². The maximum absolute atomic E-state index is 5.94. The van der Waals surface area contributed by atoms with Gasteiger partial charge < -0.3 is 20.5 Å². The SMILES string of the molecule is C#CC(N=C(N)Nc1cc(OC)ccc1OC)C(C)(C)C. The molecule has 0 aliphatic heterocycles. The van der Waals surface area contributed by atoms with Crippen LogP contribution in [0.4, 0.5) is 5.69 Å². The summed E-state index contributed by atoms with van der Waals surface area (Å²) in [5.41, 5.74) is 6.44. The van der Waals surface area contributed by atoms with Crippen molar-refractivity contribution in [1.82, 2.24) is 0 Å². The predicted molar refractivity (Wildman–Crippen MR) is 86.9 cm³/mol. The second kappa shape index (κ2) is 6.89. The van der Waals surface area contributed by atoms with Gasteiger partial charge in [0.2, 0.25) is 0 Å². The molecule has 1 aromatic rings. The van der Waals surface area contributed by atoms with E-state index in [9.17, 15) is 0 Å². The fourth-order valence-electron chi connectivity index (χ4n) is 1.70. The Kier molecular flexibility index (Phi) is 5.48. The zero-order valence-electron chi connectivity index (χ0n) is 13.2. The van der Waals surface area contributed by atoms with Crippen LogP contribution in [0.25, 0.3) is 0 Å². The number of aliphatic imine (C=N–C) groups is 1. The van der Waals surface area contributed by atoms with Crippen molar-refractivity contribution in [1.29, 1.82) is 0 Å². The molecule has 0 saturated heterocycles. The number of nitrogens with zero attached hydrogens (tertiary/aromatic N) is 1. The first-order valence-electron chi connectivity index (χ1n) is 6.60. The molecule has 114 valence electrons. The Labute approximate surface area is 126 Å². The van der Waals surface area contributed by atoms with E-state index in [2.05, 4.69) is 16.2 Å². The summed E-state index contributed by atoms with van der Waals surface area (Å²) in [5, 5.41) is 3.00. The van der Waals surface area contributed by atoms with Gasteiger partial charge in [0.05, 0.1) is 19.9 Å². The summed E-state index contributed by atoms with van der Waals surface area (Å²) in [6, 6.07) is 5.05. The number of rotatable bonds is 4. The molecular weight excluding hydrogens is 266 g/mol. The molecule has 5 nitrogen and oxygen atoms in total. The number of hydrogen-bond acceptors (Lipinski definition) is 3. The summed E-state index contributed by atoms with van der Waals surface area (Å²) in [6.07, 6.45) is 5.52. The summed E-state index contributed by atoms with van der Waals surface area (Å²) in [7, 11) is 3.18. The Balaban J connectivity index is 3.02. The number of anilines is 1. The lowest BCUT2D eigenvalue weighted by Crippen LogP contribution is -2.30. The molecule has 3 N–H and O–H groups in total. The average Bonchev–Trinajstić information content (AvgIpc) is 2.43. The van der Waals surface area contributed by atoms with Crippen LogP contribution in [0.15, 0.2) is 23.2 Å². The number of nitrogens with one attached hydrogen (secondary N) is 1. The zero-order chi connectivity index (χ0) is 16.0. The molecule has 1 atom stereocenters. The van der Waals surface area contributed by atoms with Gasteiger partial charge in [-0.15, -0.1) is 6.42 Å². The molecule has 5 heteroatoms. The fourth-order valence-corrected chi connectivity index (χ4v) is 1.70. The smallest absolute Gasteiger partial charge is 0.194 e. The first kappa shape index (κ1) is 16.7. The van der Waals surface area contributed by atoms with E-state index in [0.29, 0.717) is 17.2 Å². The molecule has 1 rings (SSSR count). The van der Waals surface area contributed by atoms with Crippen molar-refractivity contribution >= 4 is 11.6 Å². The third-order valence-corrected chi connectivity index (χ3v) is 2.92. The van der Waals surface area contributed by atoms with E-state index >= 15 is 0 Å². The number of benzene rings is 1.